The predicted molar refractivity (Wildman–Crippen MR) is 61.0 cm³/mol. The van der Waals surface area contributed by atoms with E-state index in [1.165, 1.54) is 17.5 Å². The molecule has 2 unspecified atom stereocenters. The molecule has 0 aromatic heterocycles. The summed E-state index contributed by atoms with van der Waals surface area (Å²) in [5.74, 6) is -1.06. The van der Waals surface area contributed by atoms with Gasteiger partial charge in [-0.15, -0.1) is 0 Å². The summed E-state index contributed by atoms with van der Waals surface area (Å²) in [7, 11) is 0. The average molecular weight is 220 g/mol. The van der Waals surface area contributed by atoms with Gasteiger partial charge in [0.1, 0.15) is 6.04 Å². The van der Waals surface area contributed by atoms with E-state index in [4.69, 9.17) is 16.6 Å². The van der Waals surface area contributed by atoms with Gasteiger partial charge >= 0.3 is 5.97 Å². The number of carboxylic acids is 1. The molecule has 0 saturated carbocycles. The van der Waals surface area contributed by atoms with Crippen LogP contribution in [0.2, 0.25) is 0 Å². The van der Waals surface area contributed by atoms with E-state index in [1.54, 1.807) is 0 Å². The van der Waals surface area contributed by atoms with Crippen molar-refractivity contribution < 1.29 is 9.90 Å². The fraction of sp³-hybridized carbons (Fsp3) is 0.417. The van der Waals surface area contributed by atoms with Crippen molar-refractivity contribution in [1.82, 2.24) is 0 Å². The molecule has 0 heterocycles. The van der Waals surface area contributed by atoms with Crippen molar-refractivity contribution in [1.29, 1.82) is 0 Å². The summed E-state index contributed by atoms with van der Waals surface area (Å²) in [6.45, 7) is 0. The lowest BCUT2D eigenvalue weighted by molar-refractivity contribution is -0.139. The molecule has 0 radical (unpaired) electrons. The first-order chi connectivity index (χ1) is 7.59. The van der Waals surface area contributed by atoms with Crippen LogP contribution in [0.25, 0.3) is 0 Å². The summed E-state index contributed by atoms with van der Waals surface area (Å²) >= 11 is 0. The van der Waals surface area contributed by atoms with Crippen molar-refractivity contribution in [3.8, 4) is 0 Å². The maximum atomic E-state index is 10.7. The Balaban J connectivity index is 2.24. The van der Waals surface area contributed by atoms with Crippen LogP contribution in [0.5, 0.6) is 0 Å². The Morgan fingerprint density at radius 3 is 2.62 bits per heavy atom. The van der Waals surface area contributed by atoms with Crippen LogP contribution >= 0.6 is 0 Å². The van der Waals surface area contributed by atoms with Crippen LogP contribution in [0.1, 0.15) is 29.2 Å². The summed E-state index contributed by atoms with van der Waals surface area (Å²) in [6, 6.07) is 4.24. The standard InChI is InChI=1S/C12H16N2O2/c13-10(11(14)12(15)16)9-5-4-7-2-1-3-8(7)6-9/h4-6,10-11H,1-3,13-14H2,(H,15,16). The molecule has 1 aliphatic carbocycles. The van der Waals surface area contributed by atoms with E-state index >= 15 is 0 Å². The Labute approximate surface area is 94.3 Å². The van der Waals surface area contributed by atoms with Crippen molar-refractivity contribution >= 4 is 5.97 Å². The Morgan fingerprint density at radius 2 is 1.94 bits per heavy atom. The lowest BCUT2D eigenvalue weighted by atomic mass is 9.97. The zero-order valence-electron chi connectivity index (χ0n) is 9.02. The molecule has 1 aromatic rings. The highest BCUT2D eigenvalue weighted by Gasteiger charge is 2.23. The summed E-state index contributed by atoms with van der Waals surface area (Å²) < 4.78 is 0. The summed E-state index contributed by atoms with van der Waals surface area (Å²) in [6.07, 6.45) is 3.33. The number of fused-ring (bicyclic) bond motifs is 1. The molecule has 0 fully saturated rings. The van der Waals surface area contributed by atoms with E-state index in [0.29, 0.717) is 0 Å². The minimum absolute atomic E-state index is 0.636. The van der Waals surface area contributed by atoms with Crippen molar-refractivity contribution in [3.63, 3.8) is 0 Å². The van der Waals surface area contributed by atoms with E-state index < -0.39 is 18.1 Å². The highest BCUT2D eigenvalue weighted by atomic mass is 16.4. The SMILES string of the molecule is NC(C(=O)O)C(N)c1ccc2c(c1)CCC2. The van der Waals surface area contributed by atoms with Gasteiger partial charge in [-0.25, -0.2) is 0 Å². The zero-order chi connectivity index (χ0) is 11.7. The summed E-state index contributed by atoms with van der Waals surface area (Å²) in [5, 5.41) is 8.80. The van der Waals surface area contributed by atoms with Gasteiger partial charge < -0.3 is 16.6 Å². The van der Waals surface area contributed by atoms with Gasteiger partial charge in [-0.2, -0.15) is 0 Å². The molecule has 0 spiro atoms. The molecule has 4 nitrogen and oxygen atoms in total. The molecule has 2 rings (SSSR count). The number of aliphatic carboxylic acids is 1. The number of aryl methyl sites for hydroxylation is 2. The molecule has 1 aliphatic rings. The van der Waals surface area contributed by atoms with Gasteiger partial charge in [0, 0.05) is 0 Å². The lowest BCUT2D eigenvalue weighted by Crippen LogP contribution is -2.40. The molecule has 0 saturated heterocycles. The van der Waals surface area contributed by atoms with Crippen LogP contribution in [0.15, 0.2) is 18.2 Å². The van der Waals surface area contributed by atoms with E-state index in [-0.39, 0.29) is 0 Å². The van der Waals surface area contributed by atoms with Crippen molar-refractivity contribution in [2.24, 2.45) is 11.5 Å². The Bertz CT molecular complexity index is 417. The molecular weight excluding hydrogens is 204 g/mol. The van der Waals surface area contributed by atoms with Crippen LogP contribution in [-0.4, -0.2) is 17.1 Å². The number of nitrogens with two attached hydrogens (primary N) is 2. The average Bonchev–Trinajstić information content (AvgIpc) is 2.73. The highest BCUT2D eigenvalue weighted by Crippen LogP contribution is 2.25. The van der Waals surface area contributed by atoms with Gasteiger partial charge in [0.2, 0.25) is 0 Å². The number of hydrogen-bond acceptors (Lipinski definition) is 3. The third kappa shape index (κ3) is 1.94. The second-order valence-electron chi connectivity index (χ2n) is 4.27. The van der Waals surface area contributed by atoms with Crippen LogP contribution in [0, 0.1) is 0 Å². The Morgan fingerprint density at radius 1 is 1.25 bits per heavy atom. The first-order valence-corrected chi connectivity index (χ1v) is 5.45. The quantitative estimate of drug-likeness (QED) is 0.695. The fourth-order valence-corrected chi connectivity index (χ4v) is 2.16. The second kappa shape index (κ2) is 4.23. The summed E-state index contributed by atoms with van der Waals surface area (Å²) in [5.41, 5.74) is 14.8. The molecule has 5 N–H and O–H groups in total. The van der Waals surface area contributed by atoms with Gasteiger partial charge in [0.05, 0.1) is 6.04 Å². The van der Waals surface area contributed by atoms with Gasteiger partial charge in [-0.3, -0.25) is 4.79 Å². The molecule has 0 aliphatic heterocycles. The molecular formula is C12H16N2O2. The maximum Gasteiger partial charge on any atom is 0.322 e. The van der Waals surface area contributed by atoms with E-state index in [1.807, 2.05) is 18.2 Å². The van der Waals surface area contributed by atoms with E-state index in [2.05, 4.69) is 0 Å². The number of benzene rings is 1. The number of carbonyl (C=O) groups is 1. The minimum atomic E-state index is -1.06. The normalized spacial score (nSPS) is 17.9. The maximum absolute atomic E-state index is 10.7. The largest absolute Gasteiger partial charge is 0.480 e. The molecule has 2 atom stereocenters. The first kappa shape index (κ1) is 11.1. The monoisotopic (exact) mass is 220 g/mol. The van der Waals surface area contributed by atoms with Gasteiger partial charge in [-0.05, 0) is 36.0 Å². The van der Waals surface area contributed by atoms with Crippen LogP contribution in [0.4, 0.5) is 0 Å². The minimum Gasteiger partial charge on any atom is -0.480 e. The Hall–Kier alpha value is -1.39. The van der Waals surface area contributed by atoms with E-state index in [0.717, 1.165) is 18.4 Å². The van der Waals surface area contributed by atoms with Gasteiger partial charge in [0.15, 0.2) is 0 Å². The summed E-state index contributed by atoms with van der Waals surface area (Å²) in [4.78, 5) is 10.7. The molecule has 4 heteroatoms. The lowest BCUT2D eigenvalue weighted by Gasteiger charge is -2.17. The van der Waals surface area contributed by atoms with Crippen LogP contribution in [-0.2, 0) is 17.6 Å². The highest BCUT2D eigenvalue weighted by molar-refractivity contribution is 5.74. The third-order valence-corrected chi connectivity index (χ3v) is 3.18. The van der Waals surface area contributed by atoms with Gasteiger partial charge in [0.25, 0.3) is 0 Å². The number of carboxylic acid groups (broad SMARTS) is 1. The molecule has 16 heavy (non-hydrogen) atoms. The zero-order valence-corrected chi connectivity index (χ0v) is 9.02. The molecule has 0 bridgehead atoms. The third-order valence-electron chi connectivity index (χ3n) is 3.18. The first-order valence-electron chi connectivity index (χ1n) is 5.45. The topological polar surface area (TPSA) is 89.3 Å². The van der Waals surface area contributed by atoms with Crippen molar-refractivity contribution in [3.05, 3.63) is 34.9 Å². The van der Waals surface area contributed by atoms with E-state index in [9.17, 15) is 4.79 Å². The van der Waals surface area contributed by atoms with Gasteiger partial charge in [-0.1, -0.05) is 18.2 Å². The molecule has 0 amide bonds. The molecule has 86 valence electrons. The second-order valence-corrected chi connectivity index (χ2v) is 4.27. The predicted octanol–water partition coefficient (Wildman–Crippen LogP) is 0.587. The van der Waals surface area contributed by atoms with Crippen LogP contribution < -0.4 is 11.5 Å². The number of hydrogen-bond donors (Lipinski definition) is 3. The van der Waals surface area contributed by atoms with Crippen molar-refractivity contribution in [2.45, 2.75) is 31.3 Å². The number of rotatable bonds is 3. The fourth-order valence-electron chi connectivity index (χ4n) is 2.16. The molecule has 1 aromatic carbocycles. The van der Waals surface area contributed by atoms with Crippen LogP contribution in [0.3, 0.4) is 0 Å². The van der Waals surface area contributed by atoms with Crippen molar-refractivity contribution in [2.75, 3.05) is 0 Å². The Kier molecular flexibility index (Phi) is 2.94. The smallest absolute Gasteiger partial charge is 0.322 e.